The molecule has 1 saturated heterocycles. The van der Waals surface area contributed by atoms with Gasteiger partial charge in [0.1, 0.15) is 18.2 Å². The van der Waals surface area contributed by atoms with Crippen LogP contribution in [0.2, 0.25) is 0 Å². The van der Waals surface area contributed by atoms with E-state index in [0.29, 0.717) is 27.9 Å². The second-order valence-electron chi connectivity index (χ2n) is 9.40. The molecule has 1 aliphatic heterocycles. The van der Waals surface area contributed by atoms with Crippen molar-refractivity contribution < 1.29 is 37.0 Å². The van der Waals surface area contributed by atoms with Gasteiger partial charge in [0, 0.05) is 10.9 Å². The van der Waals surface area contributed by atoms with E-state index in [1.807, 2.05) is 0 Å². The van der Waals surface area contributed by atoms with Crippen molar-refractivity contribution in [2.75, 3.05) is 23.8 Å². The highest BCUT2D eigenvalue weighted by Crippen LogP contribution is 2.37. The molecular formula is C29H22F3N5O5. The molecule has 0 spiro atoms. The van der Waals surface area contributed by atoms with Crippen LogP contribution >= 0.6 is 0 Å². The van der Waals surface area contributed by atoms with Crippen molar-refractivity contribution in [3.63, 3.8) is 0 Å². The number of amides is 1. The van der Waals surface area contributed by atoms with E-state index in [1.165, 1.54) is 46.1 Å². The third-order valence-electron chi connectivity index (χ3n) is 6.72. The van der Waals surface area contributed by atoms with Crippen LogP contribution in [0, 0.1) is 12.7 Å². The number of H-pyrrole nitrogens is 1. The zero-order valence-corrected chi connectivity index (χ0v) is 21.9. The highest BCUT2D eigenvalue weighted by Gasteiger charge is 2.29. The molecule has 1 fully saturated rings. The molecule has 3 aromatic carbocycles. The Labute approximate surface area is 236 Å². The van der Waals surface area contributed by atoms with Gasteiger partial charge in [-0.3, -0.25) is 9.69 Å². The largest absolute Gasteiger partial charge is 0.454 e. The number of alkyl halides is 2. The van der Waals surface area contributed by atoms with Gasteiger partial charge in [-0.1, -0.05) is 12.1 Å². The Kier molecular flexibility index (Phi) is 6.69. The molecule has 0 aliphatic carbocycles. The Morgan fingerprint density at radius 3 is 2.62 bits per heavy atom. The highest BCUT2D eigenvalue weighted by atomic mass is 19.3. The van der Waals surface area contributed by atoms with Gasteiger partial charge in [-0.05, 0) is 61.0 Å². The van der Waals surface area contributed by atoms with Gasteiger partial charge in [-0.2, -0.15) is 13.9 Å². The van der Waals surface area contributed by atoms with E-state index < -0.39 is 24.3 Å². The number of carbonyl (C=O) groups is 2. The fraction of sp³-hybridized carbons (Fsp3) is 0.138. The number of cyclic esters (lactones) is 1. The fourth-order valence-electron chi connectivity index (χ4n) is 4.69. The Hall–Kier alpha value is -5.46. The number of benzene rings is 3. The Morgan fingerprint density at radius 2 is 1.90 bits per heavy atom. The summed E-state index contributed by atoms with van der Waals surface area (Å²) >= 11 is 0. The number of fused-ring (bicyclic) bond motifs is 1. The first-order valence-corrected chi connectivity index (χ1v) is 12.7. The first kappa shape index (κ1) is 26.7. The first-order valence-electron chi connectivity index (χ1n) is 12.7. The molecule has 42 heavy (non-hydrogen) atoms. The molecule has 6 rings (SSSR count). The van der Waals surface area contributed by atoms with Crippen LogP contribution in [-0.4, -0.2) is 46.4 Å². The minimum Gasteiger partial charge on any atom is -0.454 e. The monoisotopic (exact) mass is 577 g/mol. The van der Waals surface area contributed by atoms with Gasteiger partial charge in [0.05, 0.1) is 35.4 Å². The van der Waals surface area contributed by atoms with Crippen molar-refractivity contribution in [2.45, 2.75) is 13.5 Å². The summed E-state index contributed by atoms with van der Waals surface area (Å²) in [6.45, 7) is -1.10. The molecule has 0 radical (unpaired) electrons. The maximum Gasteiger partial charge on any atom is 0.414 e. The van der Waals surface area contributed by atoms with Gasteiger partial charge >= 0.3 is 12.7 Å². The van der Waals surface area contributed by atoms with E-state index in [4.69, 9.17) is 15.2 Å². The summed E-state index contributed by atoms with van der Waals surface area (Å²) in [5, 5.41) is 4.67. The van der Waals surface area contributed by atoms with E-state index in [2.05, 4.69) is 14.8 Å². The Morgan fingerprint density at radius 1 is 1.10 bits per heavy atom. The minimum atomic E-state index is -3.13. The second-order valence-corrected chi connectivity index (χ2v) is 9.40. The zero-order valence-electron chi connectivity index (χ0n) is 21.9. The van der Waals surface area contributed by atoms with Crippen molar-refractivity contribution in [1.29, 1.82) is 0 Å². The lowest BCUT2D eigenvalue weighted by Gasteiger charge is -2.17. The van der Waals surface area contributed by atoms with Crippen LogP contribution in [0.15, 0.2) is 66.9 Å². The number of nitrogen functional groups attached to an aromatic ring is 1. The van der Waals surface area contributed by atoms with E-state index in [-0.39, 0.29) is 47.4 Å². The predicted octanol–water partition coefficient (Wildman–Crippen LogP) is 5.96. The summed E-state index contributed by atoms with van der Waals surface area (Å²) < 4.78 is 56.9. The molecule has 10 nitrogen and oxygen atoms in total. The van der Waals surface area contributed by atoms with Gasteiger partial charge in [0.15, 0.2) is 17.3 Å². The van der Waals surface area contributed by atoms with Crippen LogP contribution in [0.4, 0.5) is 29.5 Å². The normalized spacial score (nSPS) is 13.2. The number of aryl methyl sites for hydroxylation is 1. The van der Waals surface area contributed by atoms with Crippen molar-refractivity contribution in [1.82, 2.24) is 14.8 Å². The number of ether oxygens (including phenoxy) is 3. The minimum absolute atomic E-state index is 0.0584. The number of rotatable bonds is 8. The van der Waals surface area contributed by atoms with E-state index >= 15 is 0 Å². The molecule has 3 N–H and O–H groups in total. The number of halogens is 3. The number of nitrogens with zero attached hydrogens (tertiary/aromatic N) is 3. The third-order valence-corrected chi connectivity index (χ3v) is 6.72. The predicted molar refractivity (Wildman–Crippen MR) is 146 cm³/mol. The van der Waals surface area contributed by atoms with E-state index in [0.717, 1.165) is 0 Å². The summed E-state index contributed by atoms with van der Waals surface area (Å²) in [6, 6.07) is 15.3. The lowest BCUT2D eigenvalue weighted by atomic mass is 10.1. The quantitative estimate of drug-likeness (QED) is 0.218. The average Bonchev–Trinajstić information content (AvgIpc) is 3.67. The van der Waals surface area contributed by atoms with Crippen molar-refractivity contribution in [3.05, 3.63) is 89.5 Å². The number of aromatic amines is 1. The number of anilines is 2. The summed E-state index contributed by atoms with van der Waals surface area (Å²) in [7, 11) is 0. The third kappa shape index (κ3) is 4.85. The molecule has 214 valence electrons. The van der Waals surface area contributed by atoms with Crippen molar-refractivity contribution >= 4 is 34.3 Å². The van der Waals surface area contributed by atoms with Gasteiger partial charge in [0.2, 0.25) is 5.78 Å². The lowest BCUT2D eigenvalue weighted by Crippen LogP contribution is -2.24. The molecular weight excluding hydrogens is 555 g/mol. The number of ketones is 1. The summed E-state index contributed by atoms with van der Waals surface area (Å²) in [4.78, 5) is 29.7. The Balaban J connectivity index is 1.29. The van der Waals surface area contributed by atoms with Gasteiger partial charge in [-0.25, -0.2) is 13.9 Å². The number of nitrogens with two attached hydrogens (primary N) is 1. The molecule has 5 aromatic rings. The topological polar surface area (TPSA) is 125 Å². The standard InChI is InChI=1S/C29H22F3N5O5/c1-15-10-17(6-7-23(15)41-24-5-3-2-4-19(24)30)37-27(33)18(14-34-37)26(38)21-11-16-12-25(42-28(31)32)22(13-20(16)35-21)36-8-9-40-29(36)39/h2-7,10-14,28,35H,8-9,33H2,1H3. The molecule has 3 heterocycles. The van der Waals surface area contributed by atoms with Gasteiger partial charge in [0.25, 0.3) is 0 Å². The molecule has 0 saturated carbocycles. The van der Waals surface area contributed by atoms with Crippen molar-refractivity contribution in [2.24, 2.45) is 0 Å². The zero-order chi connectivity index (χ0) is 29.5. The van der Waals surface area contributed by atoms with Crippen LogP contribution in [0.1, 0.15) is 21.6 Å². The van der Waals surface area contributed by atoms with Crippen LogP contribution in [0.25, 0.3) is 16.6 Å². The Bertz CT molecular complexity index is 1850. The molecule has 0 unspecified atom stereocenters. The summed E-state index contributed by atoms with van der Waals surface area (Å²) in [6.07, 6.45) is 0.623. The summed E-state index contributed by atoms with van der Waals surface area (Å²) in [5.41, 5.74) is 8.23. The van der Waals surface area contributed by atoms with Crippen molar-refractivity contribution in [3.8, 4) is 22.9 Å². The van der Waals surface area contributed by atoms with Gasteiger partial charge in [-0.15, -0.1) is 0 Å². The van der Waals surface area contributed by atoms with Crippen LogP contribution < -0.4 is 20.1 Å². The van der Waals surface area contributed by atoms with Crippen LogP contribution in [-0.2, 0) is 4.74 Å². The smallest absolute Gasteiger partial charge is 0.414 e. The van der Waals surface area contributed by atoms with Crippen LogP contribution in [0.5, 0.6) is 17.2 Å². The number of nitrogens with one attached hydrogen (secondary N) is 1. The maximum atomic E-state index is 14.0. The van der Waals surface area contributed by atoms with Crippen LogP contribution in [0.3, 0.4) is 0 Å². The number of carbonyl (C=O) groups excluding carboxylic acids is 2. The number of hydrogen-bond donors (Lipinski definition) is 2. The van der Waals surface area contributed by atoms with E-state index in [9.17, 15) is 22.8 Å². The second kappa shape index (κ2) is 10.5. The molecule has 0 atom stereocenters. The number of hydrogen-bond acceptors (Lipinski definition) is 7. The molecule has 2 aromatic heterocycles. The number of aromatic nitrogens is 3. The fourth-order valence-corrected chi connectivity index (χ4v) is 4.69. The van der Waals surface area contributed by atoms with Gasteiger partial charge < -0.3 is 24.9 Å². The molecule has 0 bridgehead atoms. The number of para-hydroxylation sites is 1. The summed E-state index contributed by atoms with van der Waals surface area (Å²) in [5.74, 6) is -0.656. The first-order chi connectivity index (χ1) is 20.2. The SMILES string of the molecule is Cc1cc(-n2ncc(C(=O)c3cc4cc(OC(F)F)c(N5CCOC5=O)cc4[nH]3)c2N)ccc1Oc1ccccc1F. The molecule has 1 amide bonds. The average molecular weight is 578 g/mol. The maximum absolute atomic E-state index is 14.0. The molecule has 13 heteroatoms. The lowest BCUT2D eigenvalue weighted by molar-refractivity contribution is -0.0494. The molecule has 1 aliphatic rings. The highest BCUT2D eigenvalue weighted by molar-refractivity contribution is 6.13. The van der Waals surface area contributed by atoms with E-state index in [1.54, 1.807) is 37.3 Å².